The van der Waals surface area contributed by atoms with Gasteiger partial charge in [-0.1, -0.05) is 13.0 Å². The highest BCUT2D eigenvalue weighted by Gasteiger charge is 2.31. The molecule has 110 valence electrons. The molecule has 1 aliphatic heterocycles. The van der Waals surface area contributed by atoms with Crippen LogP contribution in [0.25, 0.3) is 0 Å². The Morgan fingerprint density at radius 2 is 2.15 bits per heavy atom. The second kappa shape index (κ2) is 5.75. The Balaban J connectivity index is 2.44. The van der Waals surface area contributed by atoms with Gasteiger partial charge in [0, 0.05) is 24.1 Å². The summed E-state index contributed by atoms with van der Waals surface area (Å²) < 4.78 is 26.8. The Hall–Kier alpha value is -1.05. The van der Waals surface area contributed by atoms with Crippen molar-refractivity contribution in [2.45, 2.75) is 24.0 Å². The molecular formula is C13H17NO4S2. The van der Waals surface area contributed by atoms with E-state index < -0.39 is 16.0 Å². The zero-order valence-electron chi connectivity index (χ0n) is 11.4. The minimum absolute atomic E-state index is 0.0329. The van der Waals surface area contributed by atoms with Crippen molar-refractivity contribution >= 4 is 27.8 Å². The SMILES string of the molecule is Cc1c(C(=O)O)cccc1S(=O)(=O)N1CCSC(C)C1. The number of hydrogen-bond donors (Lipinski definition) is 1. The summed E-state index contributed by atoms with van der Waals surface area (Å²) in [6.45, 7) is 4.46. The molecule has 0 radical (unpaired) electrons. The molecular weight excluding hydrogens is 298 g/mol. The van der Waals surface area contributed by atoms with E-state index in [2.05, 4.69) is 0 Å². The Kier molecular flexibility index (Phi) is 4.41. The van der Waals surface area contributed by atoms with Crippen molar-refractivity contribution in [3.63, 3.8) is 0 Å². The minimum atomic E-state index is -3.62. The van der Waals surface area contributed by atoms with Crippen molar-refractivity contribution in [2.24, 2.45) is 0 Å². The summed E-state index contributed by atoms with van der Waals surface area (Å²) in [6.07, 6.45) is 0. The van der Waals surface area contributed by atoms with Crippen LogP contribution in [0.1, 0.15) is 22.8 Å². The van der Waals surface area contributed by atoms with E-state index in [9.17, 15) is 13.2 Å². The van der Waals surface area contributed by atoms with Crippen molar-refractivity contribution in [1.82, 2.24) is 4.31 Å². The average molecular weight is 315 g/mol. The van der Waals surface area contributed by atoms with Gasteiger partial charge in [0.15, 0.2) is 0 Å². The summed E-state index contributed by atoms with van der Waals surface area (Å²) in [5.41, 5.74) is 0.330. The number of nitrogens with zero attached hydrogens (tertiary/aromatic N) is 1. The Bertz CT molecular complexity index is 627. The van der Waals surface area contributed by atoms with Crippen molar-refractivity contribution in [1.29, 1.82) is 0 Å². The van der Waals surface area contributed by atoms with E-state index >= 15 is 0 Å². The van der Waals surface area contributed by atoms with Gasteiger partial charge in [-0.3, -0.25) is 0 Å². The zero-order chi connectivity index (χ0) is 14.9. The number of benzene rings is 1. The lowest BCUT2D eigenvalue weighted by molar-refractivity contribution is 0.0696. The van der Waals surface area contributed by atoms with Gasteiger partial charge in [-0.15, -0.1) is 0 Å². The molecule has 1 aliphatic rings. The third kappa shape index (κ3) is 2.84. The van der Waals surface area contributed by atoms with E-state index in [0.29, 0.717) is 18.7 Å². The fourth-order valence-corrected chi connectivity index (χ4v) is 5.27. The number of aromatic carboxylic acids is 1. The molecule has 1 saturated heterocycles. The van der Waals surface area contributed by atoms with Crippen molar-refractivity contribution in [3.8, 4) is 0 Å². The molecule has 1 heterocycles. The van der Waals surface area contributed by atoms with Gasteiger partial charge in [0.05, 0.1) is 10.5 Å². The third-order valence-electron chi connectivity index (χ3n) is 3.34. The Morgan fingerprint density at radius 1 is 1.45 bits per heavy atom. The van der Waals surface area contributed by atoms with Crippen LogP contribution in [0.4, 0.5) is 0 Å². The molecule has 2 rings (SSSR count). The first-order valence-corrected chi connectivity index (χ1v) is 8.77. The maximum atomic E-state index is 12.7. The van der Waals surface area contributed by atoms with Crippen molar-refractivity contribution in [2.75, 3.05) is 18.8 Å². The highest BCUT2D eigenvalue weighted by Crippen LogP contribution is 2.27. The fourth-order valence-electron chi connectivity index (χ4n) is 2.27. The summed E-state index contributed by atoms with van der Waals surface area (Å²) in [6, 6.07) is 4.38. The van der Waals surface area contributed by atoms with Crippen LogP contribution in [0.2, 0.25) is 0 Å². The average Bonchev–Trinajstić information content (AvgIpc) is 2.38. The lowest BCUT2D eigenvalue weighted by atomic mass is 10.1. The van der Waals surface area contributed by atoms with Gasteiger partial charge in [-0.05, 0) is 24.6 Å². The van der Waals surface area contributed by atoms with E-state index in [1.165, 1.54) is 22.5 Å². The third-order valence-corrected chi connectivity index (χ3v) is 6.48. The van der Waals surface area contributed by atoms with Gasteiger partial charge in [0.1, 0.15) is 0 Å². The van der Waals surface area contributed by atoms with Crippen LogP contribution in [0.15, 0.2) is 23.1 Å². The Morgan fingerprint density at radius 3 is 2.75 bits per heavy atom. The molecule has 1 N–H and O–H groups in total. The van der Waals surface area contributed by atoms with E-state index in [1.807, 2.05) is 6.92 Å². The molecule has 1 unspecified atom stereocenters. The molecule has 0 bridgehead atoms. The lowest BCUT2D eigenvalue weighted by Gasteiger charge is -2.30. The predicted molar refractivity (Wildman–Crippen MR) is 78.8 cm³/mol. The standard InChI is InChI=1S/C13H17NO4S2/c1-9-8-14(6-7-19-9)20(17,18)12-5-3-4-11(10(12)2)13(15)16/h3-5,9H,6-8H2,1-2H3,(H,15,16). The quantitative estimate of drug-likeness (QED) is 0.921. The van der Waals surface area contributed by atoms with Crippen LogP contribution in [0.5, 0.6) is 0 Å². The highest BCUT2D eigenvalue weighted by molar-refractivity contribution is 8.00. The number of carboxylic acid groups (broad SMARTS) is 1. The van der Waals surface area contributed by atoms with Crippen LogP contribution < -0.4 is 0 Å². The monoisotopic (exact) mass is 315 g/mol. The molecule has 0 saturated carbocycles. The smallest absolute Gasteiger partial charge is 0.335 e. The van der Waals surface area contributed by atoms with Crippen LogP contribution in [-0.4, -0.2) is 47.9 Å². The fraction of sp³-hybridized carbons (Fsp3) is 0.462. The summed E-state index contributed by atoms with van der Waals surface area (Å²) >= 11 is 1.75. The molecule has 0 spiro atoms. The first kappa shape index (κ1) is 15.3. The Labute approximate surface area is 123 Å². The molecule has 0 aliphatic carbocycles. The highest BCUT2D eigenvalue weighted by atomic mass is 32.2. The predicted octanol–water partition coefficient (Wildman–Crippen LogP) is 1.82. The lowest BCUT2D eigenvalue weighted by Crippen LogP contribution is -2.41. The number of sulfonamides is 1. The summed E-state index contributed by atoms with van der Waals surface area (Å²) in [7, 11) is -3.62. The minimum Gasteiger partial charge on any atom is -0.478 e. The van der Waals surface area contributed by atoms with E-state index in [4.69, 9.17) is 5.11 Å². The van der Waals surface area contributed by atoms with E-state index in [0.717, 1.165) is 5.75 Å². The first-order valence-electron chi connectivity index (χ1n) is 6.28. The second-order valence-corrected chi connectivity index (χ2v) is 8.23. The summed E-state index contributed by atoms with van der Waals surface area (Å²) in [5, 5.41) is 9.35. The summed E-state index contributed by atoms with van der Waals surface area (Å²) in [5.74, 6) is -0.347. The number of rotatable bonds is 3. The molecule has 1 fully saturated rings. The topological polar surface area (TPSA) is 74.7 Å². The van der Waals surface area contributed by atoms with Gasteiger partial charge < -0.3 is 5.11 Å². The first-order chi connectivity index (χ1) is 9.34. The molecule has 1 aromatic carbocycles. The van der Waals surface area contributed by atoms with Crippen LogP contribution in [-0.2, 0) is 10.0 Å². The van der Waals surface area contributed by atoms with Gasteiger partial charge in [0.25, 0.3) is 0 Å². The van der Waals surface area contributed by atoms with Gasteiger partial charge in [0.2, 0.25) is 10.0 Å². The maximum Gasteiger partial charge on any atom is 0.335 e. The second-order valence-electron chi connectivity index (χ2n) is 4.78. The molecule has 0 aromatic heterocycles. The van der Waals surface area contributed by atoms with Gasteiger partial charge in [-0.25, -0.2) is 13.2 Å². The van der Waals surface area contributed by atoms with Gasteiger partial charge >= 0.3 is 5.97 Å². The zero-order valence-corrected chi connectivity index (χ0v) is 13.0. The largest absolute Gasteiger partial charge is 0.478 e. The molecule has 1 atom stereocenters. The molecule has 20 heavy (non-hydrogen) atoms. The molecule has 0 amide bonds. The van der Waals surface area contributed by atoms with Crippen molar-refractivity contribution in [3.05, 3.63) is 29.3 Å². The normalized spacial score (nSPS) is 20.8. The van der Waals surface area contributed by atoms with E-state index in [1.54, 1.807) is 18.7 Å². The number of hydrogen-bond acceptors (Lipinski definition) is 4. The number of thioether (sulfide) groups is 1. The summed E-state index contributed by atoms with van der Waals surface area (Å²) in [4.78, 5) is 11.2. The van der Waals surface area contributed by atoms with Crippen LogP contribution >= 0.6 is 11.8 Å². The maximum absolute atomic E-state index is 12.7. The van der Waals surface area contributed by atoms with Gasteiger partial charge in [-0.2, -0.15) is 16.1 Å². The molecule has 7 heteroatoms. The van der Waals surface area contributed by atoms with Crippen LogP contribution in [0, 0.1) is 6.92 Å². The van der Waals surface area contributed by atoms with E-state index in [-0.39, 0.29) is 15.7 Å². The number of carbonyl (C=O) groups is 1. The van der Waals surface area contributed by atoms with Crippen molar-refractivity contribution < 1.29 is 18.3 Å². The van der Waals surface area contributed by atoms with Crippen LogP contribution in [0.3, 0.4) is 0 Å². The molecule has 1 aromatic rings. The molecule has 5 nitrogen and oxygen atoms in total. The number of carboxylic acids is 1.